The number of halogens is 1. The summed E-state index contributed by atoms with van der Waals surface area (Å²) < 4.78 is 10.7. The second-order valence-electron chi connectivity index (χ2n) is 5.83. The first-order chi connectivity index (χ1) is 13.0. The van der Waals surface area contributed by atoms with Crippen LogP contribution in [-0.2, 0) is 9.53 Å². The predicted molar refractivity (Wildman–Crippen MR) is 102 cm³/mol. The van der Waals surface area contributed by atoms with Crippen molar-refractivity contribution < 1.29 is 19.2 Å². The number of nitrogens with one attached hydrogen (secondary N) is 1. The van der Waals surface area contributed by atoms with E-state index >= 15 is 0 Å². The molecule has 0 bridgehead atoms. The molecule has 1 N–H and O–H groups in total. The minimum atomic E-state index is -0.520. The second-order valence-corrected chi connectivity index (χ2v) is 6.23. The van der Waals surface area contributed by atoms with E-state index < -0.39 is 10.8 Å². The molecule has 1 aliphatic rings. The molecule has 0 aromatic heterocycles. The SMILES string of the molecule is O=C(COc1cccc([N+](=O)[O-])c1)Nc1cccc(Cl)c1N1CCOCC1. The summed E-state index contributed by atoms with van der Waals surface area (Å²) in [4.78, 5) is 24.6. The number of amides is 1. The Bertz CT molecular complexity index is 839. The largest absolute Gasteiger partial charge is 0.484 e. The van der Waals surface area contributed by atoms with Crippen LogP contribution in [0, 0.1) is 10.1 Å². The summed E-state index contributed by atoms with van der Waals surface area (Å²) in [6.45, 7) is 2.26. The Labute approximate surface area is 160 Å². The number of nitrogens with zero attached hydrogens (tertiary/aromatic N) is 2. The van der Waals surface area contributed by atoms with Crippen molar-refractivity contribution in [3.63, 3.8) is 0 Å². The van der Waals surface area contributed by atoms with Crippen molar-refractivity contribution in [1.29, 1.82) is 0 Å². The van der Waals surface area contributed by atoms with Gasteiger partial charge in [-0.15, -0.1) is 0 Å². The molecule has 27 heavy (non-hydrogen) atoms. The van der Waals surface area contributed by atoms with E-state index in [2.05, 4.69) is 10.2 Å². The summed E-state index contributed by atoms with van der Waals surface area (Å²) in [6, 6.07) is 11.0. The normalized spacial score (nSPS) is 13.9. The molecule has 0 aliphatic carbocycles. The van der Waals surface area contributed by atoms with E-state index in [1.165, 1.54) is 18.2 Å². The van der Waals surface area contributed by atoms with Crippen LogP contribution in [0.2, 0.25) is 5.02 Å². The number of nitro groups is 1. The number of ether oxygens (including phenoxy) is 2. The first-order valence-corrected chi connectivity index (χ1v) is 8.70. The van der Waals surface area contributed by atoms with Gasteiger partial charge in [0.2, 0.25) is 0 Å². The van der Waals surface area contributed by atoms with Crippen LogP contribution in [0.3, 0.4) is 0 Å². The number of anilines is 2. The number of nitro benzene ring substituents is 1. The topological polar surface area (TPSA) is 93.9 Å². The van der Waals surface area contributed by atoms with Crippen LogP contribution < -0.4 is 15.0 Å². The number of morpholine rings is 1. The fourth-order valence-corrected chi connectivity index (χ4v) is 3.04. The molecule has 8 nitrogen and oxygen atoms in total. The van der Waals surface area contributed by atoms with Crippen molar-refractivity contribution in [3.05, 3.63) is 57.6 Å². The molecule has 1 aliphatic heterocycles. The van der Waals surface area contributed by atoms with Crippen LogP contribution >= 0.6 is 11.6 Å². The Hall–Kier alpha value is -2.84. The Morgan fingerprint density at radius 3 is 2.74 bits per heavy atom. The zero-order chi connectivity index (χ0) is 19.2. The maximum absolute atomic E-state index is 12.3. The Morgan fingerprint density at radius 1 is 1.26 bits per heavy atom. The third-order valence-corrected chi connectivity index (χ3v) is 4.29. The number of carbonyl (C=O) groups is 1. The zero-order valence-corrected chi connectivity index (χ0v) is 15.1. The third kappa shape index (κ3) is 4.87. The lowest BCUT2D eigenvalue weighted by Gasteiger charge is -2.31. The van der Waals surface area contributed by atoms with Crippen molar-refractivity contribution in [2.45, 2.75) is 0 Å². The molecule has 1 saturated heterocycles. The van der Waals surface area contributed by atoms with Gasteiger partial charge in [-0.3, -0.25) is 14.9 Å². The van der Waals surface area contributed by atoms with Crippen LogP contribution in [0.15, 0.2) is 42.5 Å². The van der Waals surface area contributed by atoms with Gasteiger partial charge in [-0.05, 0) is 18.2 Å². The molecule has 142 valence electrons. The van der Waals surface area contributed by atoms with E-state index in [1.807, 2.05) is 0 Å². The quantitative estimate of drug-likeness (QED) is 0.600. The third-order valence-electron chi connectivity index (χ3n) is 3.99. The molecule has 3 rings (SSSR count). The monoisotopic (exact) mass is 391 g/mol. The van der Waals surface area contributed by atoms with Gasteiger partial charge in [0.25, 0.3) is 11.6 Å². The Balaban J connectivity index is 1.66. The first kappa shape index (κ1) is 18.9. The molecule has 1 fully saturated rings. The maximum atomic E-state index is 12.3. The van der Waals surface area contributed by atoms with Gasteiger partial charge < -0.3 is 19.7 Å². The van der Waals surface area contributed by atoms with E-state index in [0.717, 1.165) is 5.69 Å². The van der Waals surface area contributed by atoms with Crippen LogP contribution in [0.5, 0.6) is 5.75 Å². The van der Waals surface area contributed by atoms with Gasteiger partial charge in [0.1, 0.15) is 5.75 Å². The lowest BCUT2D eigenvalue weighted by molar-refractivity contribution is -0.384. The summed E-state index contributed by atoms with van der Waals surface area (Å²) in [5, 5.41) is 14.1. The molecule has 0 spiro atoms. The number of benzene rings is 2. The van der Waals surface area contributed by atoms with E-state index in [1.54, 1.807) is 24.3 Å². The molecule has 0 radical (unpaired) electrons. The summed E-state index contributed by atoms with van der Waals surface area (Å²) in [5.74, 6) is -0.142. The van der Waals surface area contributed by atoms with Gasteiger partial charge in [-0.2, -0.15) is 0 Å². The summed E-state index contributed by atoms with van der Waals surface area (Å²) in [5.41, 5.74) is 1.22. The van der Waals surface area contributed by atoms with Crippen LogP contribution in [0.4, 0.5) is 17.1 Å². The van der Waals surface area contributed by atoms with Crippen molar-refractivity contribution in [3.8, 4) is 5.75 Å². The molecule has 9 heteroatoms. The molecule has 2 aromatic carbocycles. The Morgan fingerprint density at radius 2 is 2.00 bits per heavy atom. The first-order valence-electron chi connectivity index (χ1n) is 8.33. The minimum Gasteiger partial charge on any atom is -0.484 e. The zero-order valence-electron chi connectivity index (χ0n) is 14.4. The summed E-state index contributed by atoms with van der Waals surface area (Å²) in [6.07, 6.45) is 0. The highest BCUT2D eigenvalue weighted by molar-refractivity contribution is 6.34. The minimum absolute atomic E-state index is 0.0997. The standard InChI is InChI=1S/C18H18ClN3O5/c19-15-5-2-6-16(18(15)21-7-9-26-10-8-21)20-17(23)12-27-14-4-1-3-13(11-14)22(24)25/h1-6,11H,7-10,12H2,(H,20,23). The molecule has 1 heterocycles. The number of para-hydroxylation sites is 1. The van der Waals surface area contributed by atoms with Gasteiger partial charge in [0.05, 0.1) is 40.6 Å². The fourth-order valence-electron chi connectivity index (χ4n) is 2.75. The summed E-state index contributed by atoms with van der Waals surface area (Å²) >= 11 is 6.34. The van der Waals surface area contributed by atoms with Crippen LogP contribution in [-0.4, -0.2) is 43.7 Å². The van der Waals surface area contributed by atoms with Gasteiger partial charge in [0, 0.05) is 19.2 Å². The molecule has 0 atom stereocenters. The highest BCUT2D eigenvalue weighted by Gasteiger charge is 2.19. The molecular weight excluding hydrogens is 374 g/mol. The smallest absolute Gasteiger partial charge is 0.273 e. The van der Waals surface area contributed by atoms with Crippen molar-refractivity contribution in [2.24, 2.45) is 0 Å². The van der Waals surface area contributed by atoms with E-state index in [9.17, 15) is 14.9 Å². The van der Waals surface area contributed by atoms with Crippen molar-refractivity contribution in [1.82, 2.24) is 0 Å². The van der Waals surface area contributed by atoms with Crippen molar-refractivity contribution >= 4 is 34.6 Å². The van der Waals surface area contributed by atoms with Gasteiger partial charge >= 0.3 is 0 Å². The number of carbonyl (C=O) groups excluding carboxylic acids is 1. The average Bonchev–Trinajstić information content (AvgIpc) is 2.67. The lowest BCUT2D eigenvalue weighted by Crippen LogP contribution is -2.37. The van der Waals surface area contributed by atoms with Gasteiger partial charge in [-0.1, -0.05) is 23.7 Å². The fraction of sp³-hybridized carbons (Fsp3) is 0.278. The van der Waals surface area contributed by atoms with Gasteiger partial charge in [0.15, 0.2) is 6.61 Å². The number of non-ortho nitro benzene ring substituents is 1. The van der Waals surface area contributed by atoms with Crippen LogP contribution in [0.1, 0.15) is 0 Å². The van der Waals surface area contributed by atoms with Gasteiger partial charge in [-0.25, -0.2) is 0 Å². The van der Waals surface area contributed by atoms with E-state index in [0.29, 0.717) is 37.0 Å². The Kier molecular flexibility index (Phi) is 6.10. The van der Waals surface area contributed by atoms with Crippen LogP contribution in [0.25, 0.3) is 0 Å². The highest BCUT2D eigenvalue weighted by atomic mass is 35.5. The number of rotatable bonds is 6. The molecule has 2 aromatic rings. The highest BCUT2D eigenvalue weighted by Crippen LogP contribution is 2.34. The van der Waals surface area contributed by atoms with Crippen molar-refractivity contribution in [2.75, 3.05) is 43.1 Å². The second kappa shape index (κ2) is 8.70. The molecule has 0 unspecified atom stereocenters. The average molecular weight is 392 g/mol. The van der Waals surface area contributed by atoms with E-state index in [4.69, 9.17) is 21.1 Å². The molecular formula is C18H18ClN3O5. The summed E-state index contributed by atoms with van der Waals surface area (Å²) in [7, 11) is 0. The van der Waals surface area contributed by atoms with E-state index in [-0.39, 0.29) is 18.0 Å². The molecule has 0 saturated carbocycles. The number of hydrogen-bond donors (Lipinski definition) is 1. The maximum Gasteiger partial charge on any atom is 0.273 e. The predicted octanol–water partition coefficient (Wildman–Crippen LogP) is 3.10. The lowest BCUT2D eigenvalue weighted by atomic mass is 10.2. The molecule has 1 amide bonds. The number of hydrogen-bond acceptors (Lipinski definition) is 6.